The lowest BCUT2D eigenvalue weighted by molar-refractivity contribution is 0.101. The van der Waals surface area contributed by atoms with Gasteiger partial charge in [-0.15, -0.1) is 0 Å². The quantitative estimate of drug-likeness (QED) is 0.688. The van der Waals surface area contributed by atoms with Crippen molar-refractivity contribution < 1.29 is 4.79 Å². The molecule has 0 saturated carbocycles. The van der Waals surface area contributed by atoms with E-state index in [2.05, 4.69) is 14.9 Å². The molecule has 1 fully saturated rings. The maximum absolute atomic E-state index is 11.2. The predicted octanol–water partition coefficient (Wildman–Crippen LogP) is 1.59. The number of ketones is 1. The van der Waals surface area contributed by atoms with Gasteiger partial charge in [-0.2, -0.15) is 0 Å². The molecule has 15 heavy (non-hydrogen) atoms. The number of aromatic nitrogens is 2. The molecule has 0 spiro atoms. The molecule has 1 aromatic heterocycles. The van der Waals surface area contributed by atoms with Crippen LogP contribution in [0, 0.1) is 6.92 Å². The zero-order chi connectivity index (χ0) is 10.8. The van der Waals surface area contributed by atoms with E-state index >= 15 is 0 Å². The number of carbonyl (C=O) groups excluding carboxylic acids is 1. The molecule has 4 nitrogen and oxygen atoms in total. The van der Waals surface area contributed by atoms with Crippen LogP contribution in [-0.4, -0.2) is 28.8 Å². The molecule has 0 unspecified atom stereocenters. The Labute approximate surface area is 89.3 Å². The number of nitrogens with zero attached hydrogens (tertiary/aromatic N) is 3. The standard InChI is InChI=1S/C11H15N3O/c1-8-10(9(2)15)7-12-11(13-8)14-5-3-4-6-14/h7H,3-6H2,1-2H3. The van der Waals surface area contributed by atoms with E-state index < -0.39 is 0 Å². The summed E-state index contributed by atoms with van der Waals surface area (Å²) in [6, 6.07) is 0. The maximum atomic E-state index is 11.2. The number of hydrogen-bond donors (Lipinski definition) is 0. The van der Waals surface area contributed by atoms with Crippen molar-refractivity contribution in [1.29, 1.82) is 0 Å². The lowest BCUT2D eigenvalue weighted by atomic mass is 10.2. The average molecular weight is 205 g/mol. The molecule has 2 heterocycles. The van der Waals surface area contributed by atoms with Gasteiger partial charge in [0.25, 0.3) is 0 Å². The van der Waals surface area contributed by atoms with E-state index in [0.717, 1.165) is 24.7 Å². The van der Waals surface area contributed by atoms with Crippen molar-refractivity contribution in [3.05, 3.63) is 17.5 Å². The first-order valence-electron chi connectivity index (χ1n) is 5.28. The third kappa shape index (κ3) is 1.98. The van der Waals surface area contributed by atoms with Gasteiger partial charge in [0.1, 0.15) is 0 Å². The number of rotatable bonds is 2. The molecule has 2 rings (SSSR count). The van der Waals surface area contributed by atoms with Gasteiger partial charge in [0, 0.05) is 19.3 Å². The monoisotopic (exact) mass is 205 g/mol. The van der Waals surface area contributed by atoms with Crippen molar-refractivity contribution in [2.45, 2.75) is 26.7 Å². The summed E-state index contributed by atoms with van der Waals surface area (Å²) >= 11 is 0. The molecule has 1 aromatic rings. The van der Waals surface area contributed by atoms with Crippen LogP contribution in [-0.2, 0) is 0 Å². The molecular weight excluding hydrogens is 190 g/mol. The van der Waals surface area contributed by atoms with E-state index in [0.29, 0.717) is 5.56 Å². The maximum Gasteiger partial charge on any atom is 0.225 e. The van der Waals surface area contributed by atoms with Crippen LogP contribution >= 0.6 is 0 Å². The van der Waals surface area contributed by atoms with Gasteiger partial charge in [0.2, 0.25) is 5.95 Å². The topological polar surface area (TPSA) is 46.1 Å². The second kappa shape index (κ2) is 3.96. The molecule has 80 valence electrons. The Bertz CT molecular complexity index is 383. The van der Waals surface area contributed by atoms with Crippen molar-refractivity contribution in [1.82, 2.24) is 9.97 Å². The van der Waals surface area contributed by atoms with Crippen LogP contribution in [0.4, 0.5) is 5.95 Å². The minimum absolute atomic E-state index is 0.0282. The molecule has 0 amide bonds. The summed E-state index contributed by atoms with van der Waals surface area (Å²) in [5, 5.41) is 0. The summed E-state index contributed by atoms with van der Waals surface area (Å²) < 4.78 is 0. The minimum atomic E-state index is 0.0282. The molecule has 1 aliphatic heterocycles. The highest BCUT2D eigenvalue weighted by Gasteiger charge is 2.16. The first-order valence-corrected chi connectivity index (χ1v) is 5.28. The highest BCUT2D eigenvalue weighted by Crippen LogP contribution is 2.16. The zero-order valence-corrected chi connectivity index (χ0v) is 9.16. The Hall–Kier alpha value is -1.45. The summed E-state index contributed by atoms with van der Waals surface area (Å²) in [5.41, 5.74) is 1.40. The minimum Gasteiger partial charge on any atom is -0.341 e. The molecule has 0 aliphatic carbocycles. The van der Waals surface area contributed by atoms with E-state index in [9.17, 15) is 4.79 Å². The van der Waals surface area contributed by atoms with Crippen LogP contribution in [0.3, 0.4) is 0 Å². The average Bonchev–Trinajstić information content (AvgIpc) is 2.69. The van der Waals surface area contributed by atoms with Gasteiger partial charge in [-0.1, -0.05) is 0 Å². The SMILES string of the molecule is CC(=O)c1cnc(N2CCCC2)nc1C. The smallest absolute Gasteiger partial charge is 0.225 e. The molecular formula is C11H15N3O. The Balaban J connectivity index is 2.28. The predicted molar refractivity (Wildman–Crippen MR) is 58.2 cm³/mol. The molecule has 4 heteroatoms. The Kier molecular flexibility index (Phi) is 2.66. The van der Waals surface area contributed by atoms with Crippen LogP contribution in [0.15, 0.2) is 6.20 Å². The molecule has 1 saturated heterocycles. The van der Waals surface area contributed by atoms with Gasteiger partial charge in [-0.25, -0.2) is 9.97 Å². The first-order chi connectivity index (χ1) is 7.18. The van der Waals surface area contributed by atoms with E-state index in [1.807, 2.05) is 6.92 Å². The largest absolute Gasteiger partial charge is 0.341 e. The fourth-order valence-electron chi connectivity index (χ4n) is 1.87. The van der Waals surface area contributed by atoms with Gasteiger partial charge in [0.05, 0.1) is 11.3 Å². The third-order valence-electron chi connectivity index (χ3n) is 2.73. The molecule has 1 aliphatic rings. The number of hydrogen-bond acceptors (Lipinski definition) is 4. The van der Waals surface area contributed by atoms with Crippen LogP contribution < -0.4 is 4.90 Å². The Morgan fingerprint density at radius 1 is 1.40 bits per heavy atom. The van der Waals surface area contributed by atoms with Gasteiger partial charge < -0.3 is 4.90 Å². The second-order valence-corrected chi connectivity index (χ2v) is 3.92. The van der Waals surface area contributed by atoms with Crippen molar-refractivity contribution in [3.8, 4) is 0 Å². The van der Waals surface area contributed by atoms with Gasteiger partial charge in [-0.05, 0) is 26.7 Å². The summed E-state index contributed by atoms with van der Waals surface area (Å²) in [5.74, 6) is 0.787. The van der Waals surface area contributed by atoms with Crippen molar-refractivity contribution in [3.63, 3.8) is 0 Å². The number of aryl methyl sites for hydroxylation is 1. The fraction of sp³-hybridized carbons (Fsp3) is 0.545. The van der Waals surface area contributed by atoms with Crippen LogP contribution in [0.5, 0.6) is 0 Å². The molecule has 0 bridgehead atoms. The van der Waals surface area contributed by atoms with E-state index in [1.165, 1.54) is 12.8 Å². The van der Waals surface area contributed by atoms with Crippen LogP contribution in [0.1, 0.15) is 35.8 Å². The first kappa shape index (κ1) is 10.1. The summed E-state index contributed by atoms with van der Waals surface area (Å²) in [6.45, 7) is 5.46. The zero-order valence-electron chi connectivity index (χ0n) is 9.16. The van der Waals surface area contributed by atoms with E-state index in [4.69, 9.17) is 0 Å². The van der Waals surface area contributed by atoms with Crippen molar-refractivity contribution in [2.24, 2.45) is 0 Å². The summed E-state index contributed by atoms with van der Waals surface area (Å²) in [4.78, 5) is 22.0. The fourth-order valence-corrected chi connectivity index (χ4v) is 1.87. The molecule has 0 N–H and O–H groups in total. The Morgan fingerprint density at radius 3 is 2.60 bits per heavy atom. The molecule has 0 aromatic carbocycles. The second-order valence-electron chi connectivity index (χ2n) is 3.92. The summed E-state index contributed by atoms with van der Waals surface area (Å²) in [7, 11) is 0. The molecule has 0 radical (unpaired) electrons. The normalized spacial score (nSPS) is 15.7. The van der Waals surface area contributed by atoms with Gasteiger partial charge >= 0.3 is 0 Å². The van der Waals surface area contributed by atoms with Gasteiger partial charge in [-0.3, -0.25) is 4.79 Å². The van der Waals surface area contributed by atoms with Crippen LogP contribution in [0.25, 0.3) is 0 Å². The van der Waals surface area contributed by atoms with E-state index in [-0.39, 0.29) is 5.78 Å². The number of carbonyl (C=O) groups is 1. The summed E-state index contributed by atoms with van der Waals surface area (Å²) in [6.07, 6.45) is 4.05. The third-order valence-corrected chi connectivity index (χ3v) is 2.73. The van der Waals surface area contributed by atoms with Crippen molar-refractivity contribution >= 4 is 11.7 Å². The Morgan fingerprint density at radius 2 is 2.07 bits per heavy atom. The lowest BCUT2D eigenvalue weighted by Gasteiger charge is -2.15. The highest BCUT2D eigenvalue weighted by atomic mass is 16.1. The lowest BCUT2D eigenvalue weighted by Crippen LogP contribution is -2.21. The van der Waals surface area contributed by atoms with Crippen molar-refractivity contribution in [2.75, 3.05) is 18.0 Å². The number of Topliss-reactive ketones (excluding diaryl/α,β-unsaturated/α-hetero) is 1. The number of anilines is 1. The molecule has 0 atom stereocenters. The van der Waals surface area contributed by atoms with Gasteiger partial charge in [0.15, 0.2) is 5.78 Å². The van der Waals surface area contributed by atoms with E-state index in [1.54, 1.807) is 13.1 Å². The van der Waals surface area contributed by atoms with Crippen LogP contribution in [0.2, 0.25) is 0 Å². The highest BCUT2D eigenvalue weighted by molar-refractivity contribution is 5.94.